The van der Waals surface area contributed by atoms with Crippen LogP contribution < -0.4 is 16.0 Å². The zero-order chi connectivity index (χ0) is 14.1. The summed E-state index contributed by atoms with van der Waals surface area (Å²) in [6, 6.07) is 9.96. The van der Waals surface area contributed by atoms with Crippen molar-refractivity contribution in [3.8, 4) is 11.4 Å². The van der Waals surface area contributed by atoms with Gasteiger partial charge in [0.05, 0.1) is 18.2 Å². The molecule has 2 aromatic heterocycles. The van der Waals surface area contributed by atoms with Gasteiger partial charge in [0, 0.05) is 6.20 Å². The Kier molecular flexibility index (Phi) is 2.83. The van der Waals surface area contributed by atoms with Gasteiger partial charge in [-0.3, -0.25) is 9.78 Å². The zero-order valence-corrected chi connectivity index (χ0v) is 10.7. The summed E-state index contributed by atoms with van der Waals surface area (Å²) < 4.78 is 6.13. The van der Waals surface area contributed by atoms with E-state index < -0.39 is 11.2 Å². The lowest BCUT2D eigenvalue weighted by molar-refractivity contribution is 0.414. The fraction of sp³-hybridized carbons (Fsp3) is 0.0714. The number of H-pyrrole nitrogens is 1. The van der Waals surface area contributed by atoms with Gasteiger partial charge in [-0.2, -0.15) is 0 Å². The number of fused-ring (bicyclic) bond motifs is 1. The average Bonchev–Trinajstić information content (AvgIpc) is 2.48. The molecule has 0 atom stereocenters. The van der Waals surface area contributed by atoms with Crippen molar-refractivity contribution < 1.29 is 4.74 Å². The van der Waals surface area contributed by atoms with Gasteiger partial charge >= 0.3 is 5.69 Å². The van der Waals surface area contributed by atoms with Gasteiger partial charge in [-0.05, 0) is 36.4 Å². The summed E-state index contributed by atoms with van der Waals surface area (Å²) in [5.41, 5.74) is -0.163. The molecule has 2 heterocycles. The minimum Gasteiger partial charge on any atom is -0.497 e. The van der Waals surface area contributed by atoms with Gasteiger partial charge in [0.2, 0.25) is 0 Å². The first-order valence-corrected chi connectivity index (χ1v) is 5.95. The summed E-state index contributed by atoms with van der Waals surface area (Å²) in [5, 5.41) is 0.364. The number of nitrogens with zero attached hydrogens (tertiary/aromatic N) is 2. The maximum absolute atomic E-state index is 12.4. The molecule has 0 saturated carbocycles. The predicted molar refractivity (Wildman–Crippen MR) is 74.5 cm³/mol. The first-order chi connectivity index (χ1) is 9.70. The van der Waals surface area contributed by atoms with Crippen LogP contribution in [0.1, 0.15) is 0 Å². The molecule has 20 heavy (non-hydrogen) atoms. The van der Waals surface area contributed by atoms with Gasteiger partial charge in [-0.25, -0.2) is 14.3 Å². The summed E-state index contributed by atoms with van der Waals surface area (Å²) in [6.45, 7) is 0. The molecule has 3 rings (SSSR count). The number of methoxy groups -OCH3 is 1. The van der Waals surface area contributed by atoms with Crippen molar-refractivity contribution in [2.45, 2.75) is 0 Å². The molecule has 1 N–H and O–H groups in total. The summed E-state index contributed by atoms with van der Waals surface area (Å²) in [6.07, 6.45) is 1.52. The van der Waals surface area contributed by atoms with Crippen LogP contribution >= 0.6 is 0 Å². The number of hydrogen-bond acceptors (Lipinski definition) is 4. The largest absolute Gasteiger partial charge is 0.497 e. The number of aromatic amines is 1. The first-order valence-electron chi connectivity index (χ1n) is 5.95. The van der Waals surface area contributed by atoms with Crippen LogP contribution in [0.4, 0.5) is 0 Å². The molecular weight excluding hydrogens is 258 g/mol. The van der Waals surface area contributed by atoms with Crippen molar-refractivity contribution in [1.82, 2.24) is 14.5 Å². The van der Waals surface area contributed by atoms with Gasteiger partial charge in [0.25, 0.3) is 5.56 Å². The van der Waals surface area contributed by atoms with E-state index in [1.807, 2.05) is 0 Å². The standard InChI is InChI=1S/C14H11N3O3/c1-20-10-6-4-9(5-7-10)17-13(18)11-3-2-8-15-12(11)16-14(17)19/h2-8H,1H3,(H,15,16,19). The van der Waals surface area contributed by atoms with Crippen LogP contribution in [-0.4, -0.2) is 21.6 Å². The highest BCUT2D eigenvalue weighted by Gasteiger charge is 2.09. The Morgan fingerprint density at radius 1 is 1.15 bits per heavy atom. The Bertz CT molecular complexity index is 879. The smallest absolute Gasteiger partial charge is 0.334 e. The number of benzene rings is 1. The molecule has 1 aromatic carbocycles. The third-order valence-electron chi connectivity index (χ3n) is 3.00. The Hall–Kier alpha value is -2.89. The fourth-order valence-corrected chi connectivity index (χ4v) is 2.01. The average molecular weight is 269 g/mol. The van der Waals surface area contributed by atoms with Gasteiger partial charge in [0.15, 0.2) is 0 Å². The molecule has 0 radical (unpaired) electrons. The van der Waals surface area contributed by atoms with E-state index >= 15 is 0 Å². The lowest BCUT2D eigenvalue weighted by Crippen LogP contribution is -2.33. The normalized spacial score (nSPS) is 10.7. The molecule has 0 aliphatic carbocycles. The Morgan fingerprint density at radius 3 is 2.60 bits per heavy atom. The van der Waals surface area contributed by atoms with Crippen LogP contribution in [0.25, 0.3) is 16.7 Å². The van der Waals surface area contributed by atoms with E-state index in [2.05, 4.69) is 9.97 Å². The van der Waals surface area contributed by atoms with E-state index in [4.69, 9.17) is 4.74 Å². The lowest BCUT2D eigenvalue weighted by Gasteiger charge is -2.06. The number of rotatable bonds is 2. The van der Waals surface area contributed by atoms with Gasteiger partial charge < -0.3 is 4.74 Å². The molecule has 0 spiro atoms. The Labute approximate surface area is 113 Å². The Morgan fingerprint density at radius 2 is 1.90 bits per heavy atom. The number of hydrogen-bond donors (Lipinski definition) is 1. The van der Waals surface area contributed by atoms with Crippen LogP contribution in [0, 0.1) is 0 Å². The van der Waals surface area contributed by atoms with Crippen LogP contribution in [0.5, 0.6) is 5.75 Å². The number of aromatic nitrogens is 3. The Balaban J connectivity index is 2.30. The van der Waals surface area contributed by atoms with E-state index in [-0.39, 0.29) is 5.65 Å². The van der Waals surface area contributed by atoms with Crippen LogP contribution in [0.3, 0.4) is 0 Å². The molecule has 0 saturated heterocycles. The summed E-state index contributed by atoms with van der Waals surface area (Å²) >= 11 is 0. The van der Waals surface area contributed by atoms with E-state index in [9.17, 15) is 9.59 Å². The highest BCUT2D eigenvalue weighted by atomic mass is 16.5. The topological polar surface area (TPSA) is 77.0 Å². The highest BCUT2D eigenvalue weighted by Crippen LogP contribution is 2.13. The zero-order valence-electron chi connectivity index (χ0n) is 10.7. The molecule has 3 aromatic rings. The number of pyridine rings is 1. The molecule has 0 amide bonds. The van der Waals surface area contributed by atoms with E-state index in [1.165, 1.54) is 6.20 Å². The molecule has 0 fully saturated rings. The second-order valence-electron chi connectivity index (χ2n) is 4.17. The van der Waals surface area contributed by atoms with E-state index in [0.29, 0.717) is 16.8 Å². The summed E-state index contributed by atoms with van der Waals surface area (Å²) in [7, 11) is 1.55. The van der Waals surface area contributed by atoms with Gasteiger partial charge in [-0.1, -0.05) is 0 Å². The second kappa shape index (κ2) is 4.65. The molecule has 0 aliphatic heterocycles. The molecule has 0 aliphatic rings. The third kappa shape index (κ3) is 1.87. The highest BCUT2D eigenvalue weighted by molar-refractivity contribution is 5.73. The first kappa shape index (κ1) is 12.2. The monoisotopic (exact) mass is 269 g/mol. The van der Waals surface area contributed by atoms with Crippen molar-refractivity contribution in [2.75, 3.05) is 7.11 Å². The van der Waals surface area contributed by atoms with E-state index in [1.54, 1.807) is 43.5 Å². The van der Waals surface area contributed by atoms with Crippen molar-refractivity contribution in [1.29, 1.82) is 0 Å². The summed E-state index contributed by atoms with van der Waals surface area (Å²) in [4.78, 5) is 31.0. The molecule has 0 unspecified atom stereocenters. The van der Waals surface area contributed by atoms with Crippen LogP contribution in [0.15, 0.2) is 52.2 Å². The SMILES string of the molecule is COc1ccc(-n2c(=O)[nH]c3ncccc3c2=O)cc1. The maximum Gasteiger partial charge on any atom is 0.334 e. The number of nitrogens with one attached hydrogen (secondary N) is 1. The van der Waals surface area contributed by atoms with Crippen molar-refractivity contribution in [3.05, 3.63) is 63.4 Å². The predicted octanol–water partition coefficient (Wildman–Crippen LogP) is 1.08. The maximum atomic E-state index is 12.4. The molecule has 100 valence electrons. The van der Waals surface area contributed by atoms with Crippen LogP contribution in [0.2, 0.25) is 0 Å². The van der Waals surface area contributed by atoms with Crippen molar-refractivity contribution in [3.63, 3.8) is 0 Å². The molecule has 0 bridgehead atoms. The van der Waals surface area contributed by atoms with E-state index in [0.717, 1.165) is 4.57 Å². The third-order valence-corrected chi connectivity index (χ3v) is 3.00. The number of ether oxygens (including phenoxy) is 1. The summed E-state index contributed by atoms with van der Waals surface area (Å²) in [5.74, 6) is 0.653. The minimum atomic E-state index is -0.522. The fourth-order valence-electron chi connectivity index (χ4n) is 2.01. The molecule has 6 nitrogen and oxygen atoms in total. The second-order valence-corrected chi connectivity index (χ2v) is 4.17. The lowest BCUT2D eigenvalue weighted by atomic mass is 10.3. The van der Waals surface area contributed by atoms with Crippen molar-refractivity contribution >= 4 is 11.0 Å². The minimum absolute atomic E-state index is 0.285. The van der Waals surface area contributed by atoms with Gasteiger partial charge in [-0.15, -0.1) is 0 Å². The van der Waals surface area contributed by atoms with Gasteiger partial charge in [0.1, 0.15) is 11.4 Å². The molecule has 6 heteroatoms. The van der Waals surface area contributed by atoms with Crippen molar-refractivity contribution in [2.24, 2.45) is 0 Å². The quantitative estimate of drug-likeness (QED) is 0.755. The van der Waals surface area contributed by atoms with Crippen LogP contribution in [-0.2, 0) is 0 Å². The molecular formula is C14H11N3O3.